The molecule has 2 rings (SSSR count). The Morgan fingerprint density at radius 2 is 1.86 bits per heavy atom. The first-order valence-electron chi connectivity index (χ1n) is 4.60. The van der Waals surface area contributed by atoms with Crippen molar-refractivity contribution >= 4 is 5.69 Å². The first-order chi connectivity index (χ1) is 6.66. The maximum absolute atomic E-state index is 5.90. The maximum atomic E-state index is 5.90. The second-order valence-corrected chi connectivity index (χ2v) is 3.50. The molecule has 1 aromatic heterocycles. The van der Waals surface area contributed by atoms with Gasteiger partial charge in [-0.25, -0.2) is 0 Å². The highest BCUT2D eigenvalue weighted by Gasteiger charge is 2.05. The van der Waals surface area contributed by atoms with Crippen LogP contribution >= 0.6 is 0 Å². The van der Waals surface area contributed by atoms with Crippen molar-refractivity contribution < 1.29 is 4.42 Å². The second-order valence-electron chi connectivity index (χ2n) is 3.50. The molecule has 1 heterocycles. The van der Waals surface area contributed by atoms with Crippen LogP contribution in [0.15, 0.2) is 34.7 Å². The van der Waals surface area contributed by atoms with E-state index in [1.54, 1.807) is 0 Å². The zero-order valence-corrected chi connectivity index (χ0v) is 8.37. The summed E-state index contributed by atoms with van der Waals surface area (Å²) >= 11 is 0. The Bertz CT molecular complexity index is 457. The van der Waals surface area contributed by atoms with Crippen LogP contribution in [0.25, 0.3) is 11.3 Å². The smallest absolute Gasteiger partial charge is 0.136 e. The standard InChI is InChI=1S/C12H13NO/c1-8-3-5-10(11(13)7-8)12-6-4-9(2)14-12/h3-7H,13H2,1-2H3. The number of rotatable bonds is 1. The molecule has 1 aromatic carbocycles. The van der Waals surface area contributed by atoms with Crippen LogP contribution in [0.2, 0.25) is 0 Å². The van der Waals surface area contributed by atoms with Gasteiger partial charge in [-0.2, -0.15) is 0 Å². The predicted molar refractivity (Wildman–Crippen MR) is 58.0 cm³/mol. The van der Waals surface area contributed by atoms with Crippen LogP contribution in [0.4, 0.5) is 5.69 Å². The highest BCUT2D eigenvalue weighted by atomic mass is 16.3. The Morgan fingerprint density at radius 1 is 1.07 bits per heavy atom. The summed E-state index contributed by atoms with van der Waals surface area (Å²) in [5.41, 5.74) is 8.79. The summed E-state index contributed by atoms with van der Waals surface area (Å²) in [6.45, 7) is 3.95. The molecule has 72 valence electrons. The van der Waals surface area contributed by atoms with E-state index in [4.69, 9.17) is 10.2 Å². The predicted octanol–water partition coefficient (Wildman–Crippen LogP) is 3.15. The van der Waals surface area contributed by atoms with E-state index in [1.165, 1.54) is 0 Å². The van der Waals surface area contributed by atoms with Crippen molar-refractivity contribution in [3.63, 3.8) is 0 Å². The van der Waals surface area contributed by atoms with E-state index in [1.807, 2.05) is 44.2 Å². The fraction of sp³-hybridized carbons (Fsp3) is 0.167. The third-order valence-electron chi connectivity index (χ3n) is 2.21. The summed E-state index contributed by atoms with van der Waals surface area (Å²) in [6, 6.07) is 9.85. The Morgan fingerprint density at radius 3 is 2.43 bits per heavy atom. The van der Waals surface area contributed by atoms with Crippen molar-refractivity contribution in [3.05, 3.63) is 41.7 Å². The van der Waals surface area contributed by atoms with E-state index < -0.39 is 0 Å². The van der Waals surface area contributed by atoms with Crippen LogP contribution < -0.4 is 5.73 Å². The molecule has 0 saturated carbocycles. The van der Waals surface area contributed by atoms with E-state index >= 15 is 0 Å². The quantitative estimate of drug-likeness (QED) is 0.696. The molecule has 0 saturated heterocycles. The molecule has 0 fully saturated rings. The molecule has 0 aliphatic heterocycles. The highest BCUT2D eigenvalue weighted by molar-refractivity contribution is 5.73. The molecular formula is C12H13NO. The number of anilines is 1. The average Bonchev–Trinajstić information content (AvgIpc) is 2.51. The number of benzene rings is 1. The third kappa shape index (κ3) is 1.51. The van der Waals surface area contributed by atoms with Crippen LogP contribution in [-0.2, 0) is 0 Å². The summed E-state index contributed by atoms with van der Waals surface area (Å²) in [4.78, 5) is 0. The van der Waals surface area contributed by atoms with Gasteiger partial charge in [-0.1, -0.05) is 6.07 Å². The zero-order chi connectivity index (χ0) is 10.1. The van der Waals surface area contributed by atoms with Gasteiger partial charge in [0, 0.05) is 11.3 Å². The summed E-state index contributed by atoms with van der Waals surface area (Å²) < 4.78 is 5.51. The van der Waals surface area contributed by atoms with Gasteiger partial charge in [-0.15, -0.1) is 0 Å². The lowest BCUT2D eigenvalue weighted by atomic mass is 10.1. The van der Waals surface area contributed by atoms with Crippen molar-refractivity contribution in [1.29, 1.82) is 0 Å². The van der Waals surface area contributed by atoms with Crippen LogP contribution in [-0.4, -0.2) is 0 Å². The minimum Gasteiger partial charge on any atom is -0.461 e. The Kier molecular flexibility index (Phi) is 2.04. The third-order valence-corrected chi connectivity index (χ3v) is 2.21. The number of aryl methyl sites for hydroxylation is 2. The van der Waals surface area contributed by atoms with Crippen molar-refractivity contribution in [2.75, 3.05) is 5.73 Å². The SMILES string of the molecule is Cc1ccc(-c2ccc(C)o2)c(N)c1. The average molecular weight is 187 g/mol. The number of nitrogen functional groups attached to an aromatic ring is 1. The first-order valence-corrected chi connectivity index (χ1v) is 4.60. The number of furan rings is 1. The minimum absolute atomic E-state index is 0.763. The van der Waals surface area contributed by atoms with Gasteiger partial charge in [0.2, 0.25) is 0 Å². The van der Waals surface area contributed by atoms with Gasteiger partial charge in [-0.3, -0.25) is 0 Å². The lowest BCUT2D eigenvalue weighted by molar-refractivity contribution is 0.548. The minimum atomic E-state index is 0.763. The van der Waals surface area contributed by atoms with Gasteiger partial charge in [0.1, 0.15) is 11.5 Å². The van der Waals surface area contributed by atoms with E-state index in [9.17, 15) is 0 Å². The summed E-state index contributed by atoms with van der Waals surface area (Å²) in [5.74, 6) is 1.74. The molecule has 14 heavy (non-hydrogen) atoms. The molecule has 0 aliphatic carbocycles. The van der Waals surface area contributed by atoms with Crippen molar-refractivity contribution in [1.82, 2.24) is 0 Å². The highest BCUT2D eigenvalue weighted by Crippen LogP contribution is 2.27. The molecule has 2 heteroatoms. The normalized spacial score (nSPS) is 10.4. The summed E-state index contributed by atoms with van der Waals surface area (Å²) in [7, 11) is 0. The van der Waals surface area contributed by atoms with Crippen LogP contribution in [0, 0.1) is 13.8 Å². The van der Waals surface area contributed by atoms with Crippen molar-refractivity contribution in [2.45, 2.75) is 13.8 Å². The number of nitrogens with two attached hydrogens (primary N) is 1. The summed E-state index contributed by atoms with van der Waals surface area (Å²) in [5, 5.41) is 0. The fourth-order valence-electron chi connectivity index (χ4n) is 1.49. The van der Waals surface area contributed by atoms with Gasteiger partial charge < -0.3 is 10.2 Å². The first kappa shape index (κ1) is 8.88. The molecule has 0 amide bonds. The molecule has 0 bridgehead atoms. The van der Waals surface area contributed by atoms with Crippen molar-refractivity contribution in [3.8, 4) is 11.3 Å². The Balaban J connectivity index is 2.52. The van der Waals surface area contributed by atoms with E-state index in [0.717, 1.165) is 28.3 Å². The molecule has 0 radical (unpaired) electrons. The maximum Gasteiger partial charge on any atom is 0.136 e. The van der Waals surface area contributed by atoms with Gasteiger partial charge in [0.15, 0.2) is 0 Å². The van der Waals surface area contributed by atoms with Crippen molar-refractivity contribution in [2.24, 2.45) is 0 Å². The number of hydrogen-bond donors (Lipinski definition) is 1. The van der Waals surface area contributed by atoms with Gasteiger partial charge >= 0.3 is 0 Å². The van der Waals surface area contributed by atoms with Crippen LogP contribution in [0.5, 0.6) is 0 Å². The van der Waals surface area contributed by atoms with E-state index in [-0.39, 0.29) is 0 Å². The lowest BCUT2D eigenvalue weighted by Gasteiger charge is -2.03. The lowest BCUT2D eigenvalue weighted by Crippen LogP contribution is -1.89. The van der Waals surface area contributed by atoms with Gasteiger partial charge in [-0.05, 0) is 43.7 Å². The molecule has 0 atom stereocenters. The van der Waals surface area contributed by atoms with E-state index in [2.05, 4.69) is 0 Å². The molecule has 0 aliphatic rings. The van der Waals surface area contributed by atoms with Gasteiger partial charge in [0.25, 0.3) is 0 Å². The van der Waals surface area contributed by atoms with Crippen LogP contribution in [0.3, 0.4) is 0 Å². The monoisotopic (exact) mass is 187 g/mol. The molecule has 2 N–H and O–H groups in total. The van der Waals surface area contributed by atoms with Crippen LogP contribution in [0.1, 0.15) is 11.3 Å². The van der Waals surface area contributed by atoms with E-state index in [0.29, 0.717) is 0 Å². The Hall–Kier alpha value is -1.70. The second kappa shape index (κ2) is 3.22. The molecule has 0 unspecified atom stereocenters. The molecule has 2 aromatic rings. The fourth-order valence-corrected chi connectivity index (χ4v) is 1.49. The summed E-state index contributed by atoms with van der Waals surface area (Å²) in [6.07, 6.45) is 0. The largest absolute Gasteiger partial charge is 0.461 e. The molecular weight excluding hydrogens is 174 g/mol. The number of hydrogen-bond acceptors (Lipinski definition) is 2. The van der Waals surface area contributed by atoms with Gasteiger partial charge in [0.05, 0.1) is 0 Å². The topological polar surface area (TPSA) is 39.2 Å². The molecule has 0 spiro atoms. The Labute approximate surface area is 83.4 Å². The molecule has 2 nitrogen and oxygen atoms in total. The zero-order valence-electron chi connectivity index (χ0n) is 8.37.